The molecule has 24 heavy (non-hydrogen) atoms. The first-order valence-electron chi connectivity index (χ1n) is 7.81. The van der Waals surface area contributed by atoms with Crippen molar-refractivity contribution in [3.8, 4) is 0 Å². The van der Waals surface area contributed by atoms with Crippen LogP contribution in [-0.4, -0.2) is 28.4 Å². The maximum Gasteiger partial charge on any atom is 0.259 e. The molecule has 1 heterocycles. The van der Waals surface area contributed by atoms with Crippen molar-refractivity contribution in [1.29, 1.82) is 0 Å². The zero-order valence-corrected chi connectivity index (χ0v) is 14.8. The fourth-order valence-electron chi connectivity index (χ4n) is 2.13. The van der Waals surface area contributed by atoms with E-state index >= 15 is 0 Å². The number of benzene rings is 1. The lowest BCUT2D eigenvalue weighted by molar-refractivity contribution is -0.119. The van der Waals surface area contributed by atoms with Gasteiger partial charge in [0.15, 0.2) is 0 Å². The topological polar surface area (TPSA) is 71.3 Å². The van der Waals surface area contributed by atoms with Crippen molar-refractivity contribution in [1.82, 2.24) is 15.2 Å². The number of halogens is 1. The average molecular weight is 348 g/mol. The number of hydrogen-bond donors (Lipinski definition) is 2. The van der Waals surface area contributed by atoms with Crippen molar-refractivity contribution >= 4 is 29.4 Å². The van der Waals surface area contributed by atoms with E-state index in [1.807, 2.05) is 37.3 Å². The van der Waals surface area contributed by atoms with Gasteiger partial charge in [-0.15, -0.1) is 0 Å². The summed E-state index contributed by atoms with van der Waals surface area (Å²) in [6, 6.07) is 9.50. The molecule has 0 atom stereocenters. The Morgan fingerprint density at radius 1 is 1.38 bits per heavy atom. The second-order valence-electron chi connectivity index (χ2n) is 5.88. The van der Waals surface area contributed by atoms with Crippen molar-refractivity contribution < 1.29 is 4.79 Å². The lowest BCUT2D eigenvalue weighted by Gasteiger charge is -2.05. The molecule has 6 nitrogen and oxygen atoms in total. The summed E-state index contributed by atoms with van der Waals surface area (Å²) in [7, 11) is 0. The summed E-state index contributed by atoms with van der Waals surface area (Å²) in [6.07, 6.45) is 1.53. The van der Waals surface area contributed by atoms with Crippen LogP contribution >= 0.6 is 11.6 Å². The van der Waals surface area contributed by atoms with E-state index in [0.717, 1.165) is 17.9 Å². The van der Waals surface area contributed by atoms with E-state index in [-0.39, 0.29) is 12.5 Å². The lowest BCUT2D eigenvalue weighted by Crippen LogP contribution is -2.25. The summed E-state index contributed by atoms with van der Waals surface area (Å²) in [5, 5.41) is 11.9. The Bertz CT molecular complexity index is 709. The summed E-state index contributed by atoms with van der Waals surface area (Å²) in [6.45, 7) is 6.94. The zero-order chi connectivity index (χ0) is 17.5. The van der Waals surface area contributed by atoms with E-state index in [0.29, 0.717) is 16.6 Å². The Kier molecular flexibility index (Phi) is 6.37. The van der Waals surface area contributed by atoms with Crippen LogP contribution in [-0.2, 0) is 11.3 Å². The molecule has 0 fully saturated rings. The number of aryl methyl sites for hydroxylation is 1. The van der Waals surface area contributed by atoms with Crippen LogP contribution in [0.5, 0.6) is 0 Å². The molecule has 0 aliphatic heterocycles. The second-order valence-corrected chi connectivity index (χ2v) is 6.24. The van der Waals surface area contributed by atoms with Crippen LogP contribution < -0.4 is 10.7 Å². The third-order valence-electron chi connectivity index (χ3n) is 3.26. The highest BCUT2D eigenvalue weighted by Crippen LogP contribution is 2.18. The van der Waals surface area contributed by atoms with Crippen LogP contribution in [0.4, 0.5) is 5.69 Å². The van der Waals surface area contributed by atoms with E-state index in [2.05, 4.69) is 34.8 Å². The van der Waals surface area contributed by atoms with Crippen LogP contribution in [0.3, 0.4) is 0 Å². The quantitative estimate of drug-likeness (QED) is 0.597. The molecule has 1 aromatic carbocycles. The molecule has 1 aromatic heterocycles. The molecule has 2 rings (SSSR count). The van der Waals surface area contributed by atoms with Crippen molar-refractivity contribution in [3.63, 3.8) is 0 Å². The number of nitrogens with one attached hydrogen (secondary N) is 2. The van der Waals surface area contributed by atoms with Gasteiger partial charge in [0.2, 0.25) is 0 Å². The molecule has 0 spiro atoms. The maximum atomic E-state index is 11.8. The molecule has 1 amide bonds. The largest absolute Gasteiger partial charge is 0.376 e. The number of hydrazone groups is 1. The minimum Gasteiger partial charge on any atom is -0.376 e. The minimum atomic E-state index is -0.238. The normalized spacial score (nSPS) is 11.2. The molecule has 0 unspecified atom stereocenters. The SMILES string of the molecule is Cc1nn(CC(C)C)c(Cl)c1/C=N\NC(=O)CNc1ccccc1. The van der Waals surface area contributed by atoms with E-state index in [4.69, 9.17) is 11.6 Å². The summed E-state index contributed by atoms with van der Waals surface area (Å²) in [5.74, 6) is 0.203. The molecule has 7 heteroatoms. The molecule has 0 saturated heterocycles. The first-order chi connectivity index (χ1) is 11.5. The van der Waals surface area contributed by atoms with Crippen LogP contribution in [0.25, 0.3) is 0 Å². The Morgan fingerprint density at radius 2 is 2.08 bits per heavy atom. The summed E-state index contributed by atoms with van der Waals surface area (Å²) in [5.41, 5.74) is 4.85. The fourth-order valence-corrected chi connectivity index (χ4v) is 2.42. The van der Waals surface area contributed by atoms with Crippen molar-refractivity contribution in [2.45, 2.75) is 27.3 Å². The molecule has 0 bridgehead atoms. The number of nitrogens with zero attached hydrogens (tertiary/aromatic N) is 3. The highest BCUT2D eigenvalue weighted by atomic mass is 35.5. The second kappa shape index (κ2) is 8.49. The number of para-hydroxylation sites is 1. The number of hydrogen-bond acceptors (Lipinski definition) is 4. The number of anilines is 1. The third kappa shape index (κ3) is 5.09. The highest BCUT2D eigenvalue weighted by Gasteiger charge is 2.12. The molecule has 2 aromatic rings. The van der Waals surface area contributed by atoms with Gasteiger partial charge in [-0.05, 0) is 25.0 Å². The molecule has 2 N–H and O–H groups in total. The Balaban J connectivity index is 1.89. The fraction of sp³-hybridized carbons (Fsp3) is 0.353. The van der Waals surface area contributed by atoms with Gasteiger partial charge in [0.25, 0.3) is 5.91 Å². The summed E-state index contributed by atoms with van der Waals surface area (Å²) >= 11 is 6.31. The van der Waals surface area contributed by atoms with Gasteiger partial charge in [-0.2, -0.15) is 10.2 Å². The van der Waals surface area contributed by atoms with Gasteiger partial charge in [0, 0.05) is 12.2 Å². The number of rotatable bonds is 7. The van der Waals surface area contributed by atoms with E-state index < -0.39 is 0 Å². The minimum absolute atomic E-state index is 0.140. The first kappa shape index (κ1) is 18.0. The third-order valence-corrected chi connectivity index (χ3v) is 3.66. The van der Waals surface area contributed by atoms with Gasteiger partial charge in [-0.3, -0.25) is 9.48 Å². The zero-order valence-electron chi connectivity index (χ0n) is 14.1. The summed E-state index contributed by atoms with van der Waals surface area (Å²) < 4.78 is 1.75. The van der Waals surface area contributed by atoms with Gasteiger partial charge in [0.1, 0.15) is 5.15 Å². The van der Waals surface area contributed by atoms with Crippen molar-refractivity contribution in [2.24, 2.45) is 11.0 Å². The molecular formula is C17H22ClN5O. The van der Waals surface area contributed by atoms with E-state index in [9.17, 15) is 4.79 Å². The maximum absolute atomic E-state index is 11.8. The number of aromatic nitrogens is 2. The standard InChI is InChI=1S/C17H22ClN5O/c1-12(2)11-23-17(18)15(13(3)22-23)9-20-21-16(24)10-19-14-7-5-4-6-8-14/h4-9,12,19H,10-11H2,1-3H3,(H,21,24)/b20-9-. The van der Waals surface area contributed by atoms with Gasteiger partial charge >= 0.3 is 0 Å². The smallest absolute Gasteiger partial charge is 0.259 e. The van der Waals surface area contributed by atoms with Gasteiger partial charge in [0.05, 0.1) is 24.0 Å². The van der Waals surface area contributed by atoms with Crippen molar-refractivity contribution in [3.05, 3.63) is 46.7 Å². The number of amides is 1. The average Bonchev–Trinajstić information content (AvgIpc) is 2.80. The molecule has 0 saturated carbocycles. The molecule has 0 aliphatic rings. The van der Waals surface area contributed by atoms with Crippen LogP contribution in [0.1, 0.15) is 25.1 Å². The van der Waals surface area contributed by atoms with Gasteiger partial charge < -0.3 is 5.32 Å². The van der Waals surface area contributed by atoms with E-state index in [1.54, 1.807) is 4.68 Å². The lowest BCUT2D eigenvalue weighted by atomic mass is 10.2. The van der Waals surface area contributed by atoms with Crippen molar-refractivity contribution in [2.75, 3.05) is 11.9 Å². The molecular weight excluding hydrogens is 326 g/mol. The van der Waals surface area contributed by atoms with Crippen LogP contribution in [0, 0.1) is 12.8 Å². The number of carbonyl (C=O) groups excluding carboxylic acids is 1. The van der Waals surface area contributed by atoms with E-state index in [1.165, 1.54) is 6.21 Å². The predicted octanol–water partition coefficient (Wildman–Crippen LogP) is 3.06. The first-order valence-corrected chi connectivity index (χ1v) is 8.19. The van der Waals surface area contributed by atoms with Gasteiger partial charge in [-0.25, -0.2) is 5.43 Å². The molecule has 0 radical (unpaired) electrons. The number of carbonyl (C=O) groups is 1. The Hall–Kier alpha value is -2.34. The molecule has 128 valence electrons. The van der Waals surface area contributed by atoms with Crippen LogP contribution in [0.2, 0.25) is 5.15 Å². The molecule has 0 aliphatic carbocycles. The Morgan fingerprint density at radius 3 is 2.75 bits per heavy atom. The van der Waals surface area contributed by atoms with Gasteiger partial charge in [-0.1, -0.05) is 43.6 Å². The summed E-state index contributed by atoms with van der Waals surface area (Å²) in [4.78, 5) is 11.8. The monoisotopic (exact) mass is 347 g/mol. The predicted molar refractivity (Wildman–Crippen MR) is 97.5 cm³/mol. The Labute approximate surface area is 146 Å². The highest BCUT2D eigenvalue weighted by molar-refractivity contribution is 6.32. The van der Waals surface area contributed by atoms with Crippen LogP contribution in [0.15, 0.2) is 35.4 Å².